The number of aryl methyl sites for hydroxylation is 2. The van der Waals surface area contributed by atoms with Crippen LogP contribution in [-0.2, 0) is 22.4 Å². The summed E-state index contributed by atoms with van der Waals surface area (Å²) in [5, 5.41) is 0. The zero-order valence-electron chi connectivity index (χ0n) is 38.8. The number of carbonyl (C=O) groups is 2. The molecule has 2 atom stereocenters. The fourth-order valence-electron chi connectivity index (χ4n) is 9.15. The van der Waals surface area contributed by atoms with Crippen LogP contribution in [0.25, 0.3) is 40.7 Å². The Labute approximate surface area is 399 Å². The van der Waals surface area contributed by atoms with Crippen LogP contribution in [0.15, 0.2) is 71.8 Å². The molecule has 0 spiro atoms. The van der Waals surface area contributed by atoms with Gasteiger partial charge in [-0.1, -0.05) is 119 Å². The van der Waals surface area contributed by atoms with E-state index in [4.69, 9.17) is 0 Å². The molecule has 0 bridgehead atoms. The second kappa shape index (κ2) is 23.4. The lowest BCUT2D eigenvalue weighted by Gasteiger charge is -2.29. The molecule has 0 aliphatic carbocycles. The summed E-state index contributed by atoms with van der Waals surface area (Å²) >= 11 is 9.16. The number of amides is 2. The third-order valence-corrected chi connectivity index (χ3v) is 19.2. The average Bonchev–Trinajstić information content (AvgIpc) is 4.16. The van der Waals surface area contributed by atoms with Gasteiger partial charge in [0.2, 0.25) is 0 Å². The Morgan fingerprint density at radius 1 is 0.397 bits per heavy atom. The Balaban J connectivity index is 1.27. The third-order valence-electron chi connectivity index (χ3n) is 13.0. The fraction of sp³-hybridized carbons (Fsp3) is 0.519. The van der Waals surface area contributed by atoms with Crippen molar-refractivity contribution >= 4 is 79.9 Å². The summed E-state index contributed by atoms with van der Waals surface area (Å²) in [7, 11) is 0. The first kappa shape index (κ1) is 47.9. The number of nitrogens with zero attached hydrogens (tertiary/aromatic N) is 2. The van der Waals surface area contributed by atoms with E-state index in [-0.39, 0.29) is 11.8 Å². The van der Waals surface area contributed by atoms with E-state index in [9.17, 15) is 0 Å². The van der Waals surface area contributed by atoms with Gasteiger partial charge >= 0.3 is 0 Å². The molecule has 7 rings (SSSR count). The van der Waals surface area contributed by atoms with Gasteiger partial charge in [-0.25, -0.2) is 0 Å². The monoisotopic (exact) mass is 938 g/mol. The standard InChI is InChI=1S/C54H70N2O2S5/c1-7-13-17-19-23-39-25-27-41(59-39)43-29-30-45(61-43)46-32-34-48(63-46)52-50-49(53(57)56(52)36-38(12-6)22-16-10-4)51(55(54(50)58)35-37(11-5)21-15-9-3)47-33-31-44(62-47)42-28-26-40(60-42)24-20-18-14-8-2/h25-34,37-38H,7-24,35-36H2,1-6H3. The van der Waals surface area contributed by atoms with Crippen LogP contribution in [-0.4, -0.2) is 34.7 Å². The van der Waals surface area contributed by atoms with Crippen molar-refractivity contribution in [2.45, 2.75) is 157 Å². The lowest BCUT2D eigenvalue weighted by molar-refractivity contribution is -0.124. The largest absolute Gasteiger partial charge is 0.306 e. The van der Waals surface area contributed by atoms with Crippen LogP contribution in [0, 0.1) is 11.8 Å². The lowest BCUT2D eigenvalue weighted by Crippen LogP contribution is -2.34. The number of carbonyl (C=O) groups excluding carboxylic acids is 2. The highest BCUT2D eigenvalue weighted by Crippen LogP contribution is 2.51. The Bertz CT molecular complexity index is 2330. The maximum Gasteiger partial charge on any atom is 0.261 e. The zero-order valence-corrected chi connectivity index (χ0v) is 42.9. The van der Waals surface area contributed by atoms with Gasteiger partial charge in [-0.3, -0.25) is 9.59 Å². The van der Waals surface area contributed by atoms with E-state index in [1.54, 1.807) is 22.7 Å². The Hall–Kier alpha value is -3.08. The number of hydrogen-bond acceptors (Lipinski definition) is 7. The molecule has 5 aromatic rings. The van der Waals surface area contributed by atoms with Crippen LogP contribution >= 0.6 is 56.7 Å². The van der Waals surface area contributed by atoms with E-state index in [1.165, 1.54) is 90.4 Å². The topological polar surface area (TPSA) is 40.6 Å². The molecule has 0 fully saturated rings. The molecular weight excluding hydrogens is 869 g/mol. The van der Waals surface area contributed by atoms with Crippen molar-refractivity contribution < 1.29 is 9.59 Å². The molecule has 9 heteroatoms. The summed E-state index contributed by atoms with van der Waals surface area (Å²) in [6, 6.07) is 22.5. The molecule has 2 aliphatic heterocycles. The molecule has 0 radical (unpaired) electrons. The lowest BCUT2D eigenvalue weighted by atomic mass is 9.98. The third kappa shape index (κ3) is 11.3. The molecule has 0 saturated heterocycles. The van der Waals surface area contributed by atoms with Crippen LogP contribution in [0.3, 0.4) is 0 Å². The van der Waals surface area contributed by atoms with Crippen LogP contribution in [0.4, 0.5) is 0 Å². The summed E-state index contributed by atoms with van der Waals surface area (Å²) in [6.45, 7) is 14.8. The highest BCUT2D eigenvalue weighted by molar-refractivity contribution is 7.26. The summed E-state index contributed by atoms with van der Waals surface area (Å²) in [5.74, 6) is 0.729. The summed E-state index contributed by atoms with van der Waals surface area (Å²) in [6.07, 6.45) is 21.2. The van der Waals surface area contributed by atoms with Crippen molar-refractivity contribution in [3.8, 4) is 29.3 Å². The van der Waals surface area contributed by atoms with Gasteiger partial charge < -0.3 is 9.80 Å². The summed E-state index contributed by atoms with van der Waals surface area (Å²) in [5.41, 5.74) is 2.91. The molecule has 2 amide bonds. The van der Waals surface area contributed by atoms with Crippen molar-refractivity contribution in [2.75, 3.05) is 13.1 Å². The van der Waals surface area contributed by atoms with Crippen LogP contribution < -0.4 is 0 Å². The minimum atomic E-state index is -0.000558. The van der Waals surface area contributed by atoms with E-state index >= 15 is 9.59 Å². The van der Waals surface area contributed by atoms with Gasteiger partial charge in [0.15, 0.2) is 0 Å². The maximum atomic E-state index is 15.3. The quantitative estimate of drug-likeness (QED) is 0.0492. The van der Waals surface area contributed by atoms with Crippen molar-refractivity contribution in [1.82, 2.24) is 9.80 Å². The molecule has 5 aromatic heterocycles. The Kier molecular flexibility index (Phi) is 17.8. The summed E-state index contributed by atoms with van der Waals surface area (Å²) < 4.78 is 0. The minimum absolute atomic E-state index is 0.000558. The number of thiophene rings is 5. The Morgan fingerprint density at radius 3 is 1.10 bits per heavy atom. The van der Waals surface area contributed by atoms with Gasteiger partial charge in [-0.05, 0) is 111 Å². The van der Waals surface area contributed by atoms with Crippen molar-refractivity contribution in [1.29, 1.82) is 0 Å². The molecule has 63 heavy (non-hydrogen) atoms. The SMILES string of the molecule is CCCCCCc1ccc(-c2ccc(C3=C4C(=O)N(CC(CC)CCCC)C(c5ccc(-c6ccc(-c7ccc(CCCCCC)s7)s6)s5)=C4C(=O)N3CC(CC)CCCC)s2)s1. The Morgan fingerprint density at radius 2 is 0.730 bits per heavy atom. The first-order valence-electron chi connectivity index (χ1n) is 24.4. The number of fused-ring (bicyclic) bond motifs is 1. The molecule has 0 aromatic carbocycles. The van der Waals surface area contributed by atoms with Crippen LogP contribution in [0.1, 0.15) is 164 Å². The molecule has 0 saturated carbocycles. The van der Waals surface area contributed by atoms with Crippen molar-refractivity contribution in [3.05, 3.63) is 91.3 Å². The molecule has 338 valence electrons. The van der Waals surface area contributed by atoms with Gasteiger partial charge in [0.1, 0.15) is 0 Å². The molecular formula is C54H70N2O2S5. The highest BCUT2D eigenvalue weighted by atomic mass is 32.1. The highest BCUT2D eigenvalue weighted by Gasteiger charge is 2.50. The molecule has 7 heterocycles. The van der Waals surface area contributed by atoms with E-state index in [1.807, 2.05) is 43.8 Å². The van der Waals surface area contributed by atoms with Gasteiger partial charge in [-0.2, -0.15) is 0 Å². The molecule has 2 aliphatic rings. The predicted octanol–water partition coefficient (Wildman–Crippen LogP) is 17.5. The molecule has 2 unspecified atom stereocenters. The predicted molar refractivity (Wildman–Crippen MR) is 278 cm³/mol. The van der Waals surface area contributed by atoms with E-state index < -0.39 is 0 Å². The first-order chi connectivity index (χ1) is 30.8. The van der Waals surface area contributed by atoms with Gasteiger partial charge in [-0.15, -0.1) is 56.7 Å². The number of rotatable bonds is 27. The van der Waals surface area contributed by atoms with Crippen LogP contribution in [0.2, 0.25) is 0 Å². The molecule has 4 nitrogen and oxygen atoms in total. The number of unbranched alkanes of at least 4 members (excludes halogenated alkanes) is 8. The molecule has 0 N–H and O–H groups in total. The normalized spacial score (nSPS) is 15.2. The zero-order chi connectivity index (χ0) is 44.3. The van der Waals surface area contributed by atoms with Crippen molar-refractivity contribution in [3.63, 3.8) is 0 Å². The minimum Gasteiger partial charge on any atom is -0.306 e. The van der Waals surface area contributed by atoms with Crippen molar-refractivity contribution in [2.24, 2.45) is 11.8 Å². The van der Waals surface area contributed by atoms with Gasteiger partial charge in [0, 0.05) is 52.1 Å². The number of hydrogen-bond donors (Lipinski definition) is 0. The van der Waals surface area contributed by atoms with E-state index in [0.29, 0.717) is 36.1 Å². The van der Waals surface area contributed by atoms with E-state index in [2.05, 4.69) is 102 Å². The van der Waals surface area contributed by atoms with Crippen LogP contribution in [0.5, 0.6) is 0 Å². The first-order valence-corrected chi connectivity index (χ1v) is 28.5. The smallest absolute Gasteiger partial charge is 0.261 e. The van der Waals surface area contributed by atoms with Gasteiger partial charge in [0.05, 0.1) is 32.3 Å². The van der Waals surface area contributed by atoms with Gasteiger partial charge in [0.25, 0.3) is 11.8 Å². The second-order valence-electron chi connectivity index (χ2n) is 17.8. The fourth-order valence-corrected chi connectivity index (χ4v) is 14.7. The average molecular weight is 940 g/mol. The van der Waals surface area contributed by atoms with E-state index in [0.717, 1.165) is 85.4 Å². The second-order valence-corrected chi connectivity index (χ2v) is 23.3. The summed E-state index contributed by atoms with van der Waals surface area (Å²) in [4.78, 5) is 47.2. The maximum absolute atomic E-state index is 15.3.